The van der Waals surface area contributed by atoms with Crippen molar-refractivity contribution < 1.29 is 17.7 Å². The molecule has 0 aliphatic carbocycles. The first-order chi connectivity index (χ1) is 5.19. The zero-order valence-corrected chi connectivity index (χ0v) is 11.6. The van der Waals surface area contributed by atoms with Gasteiger partial charge in [-0.3, -0.25) is 0 Å². The molecule has 0 rings (SSSR count). The second kappa shape index (κ2) is 4.20. The molecule has 1 N–H and O–H groups in total. The Balaban J connectivity index is 0. The predicted molar refractivity (Wildman–Crippen MR) is 46.1 cm³/mol. The molecule has 0 saturated heterocycles. The summed E-state index contributed by atoms with van der Waals surface area (Å²) < 4.78 is 26.9. The van der Waals surface area contributed by atoms with Crippen molar-refractivity contribution in [3.63, 3.8) is 0 Å². The molecule has 0 aliphatic heterocycles. The Morgan fingerprint density at radius 1 is 1.46 bits per heavy atom. The number of hydrogen-bond acceptors (Lipinski definition) is 4. The second-order valence-corrected chi connectivity index (χ2v) is 5.20. The summed E-state index contributed by atoms with van der Waals surface area (Å²) >= 11 is 0. The van der Waals surface area contributed by atoms with Gasteiger partial charge in [-0.2, -0.15) is 8.42 Å². The molecular weight excluding hydrogens is 431 g/mol. The molecule has 0 heterocycles. The van der Waals surface area contributed by atoms with Crippen LogP contribution in [0.2, 0.25) is 0 Å². The molecular formula is C7H16CfO4S. The molecule has 0 aromatic carbocycles. The molecule has 1 atom stereocenters. The van der Waals surface area contributed by atoms with Crippen LogP contribution in [0.1, 0.15) is 34.1 Å². The van der Waals surface area contributed by atoms with Crippen LogP contribution in [0.25, 0.3) is 0 Å². The van der Waals surface area contributed by atoms with E-state index in [4.69, 9.17) is 5.11 Å². The van der Waals surface area contributed by atoms with Gasteiger partial charge in [0.05, 0.1) is 5.25 Å². The first-order valence-corrected chi connectivity index (χ1v) is 5.33. The SMILES string of the molecule is CCC(C)S(=O)(=O)OC(C)(C)O.[Cf]. The molecule has 0 aliphatic rings. The quantitative estimate of drug-likeness (QED) is 0.513. The van der Waals surface area contributed by atoms with Gasteiger partial charge in [0, 0.05) is 0 Å². The molecule has 0 aromatic rings. The Hall–Kier alpha value is -1.13. The molecule has 13 heavy (non-hydrogen) atoms. The molecule has 0 fully saturated rings. The summed E-state index contributed by atoms with van der Waals surface area (Å²) in [5.74, 6) is -1.62. The molecule has 1 unspecified atom stereocenters. The summed E-state index contributed by atoms with van der Waals surface area (Å²) in [5, 5.41) is 8.52. The summed E-state index contributed by atoms with van der Waals surface area (Å²) in [6.07, 6.45) is 0.471. The van der Waals surface area contributed by atoms with Crippen LogP contribution < -0.4 is 0 Å². The van der Waals surface area contributed by atoms with E-state index in [9.17, 15) is 8.42 Å². The summed E-state index contributed by atoms with van der Waals surface area (Å²) in [7, 11) is -3.62. The average molecular weight is 447 g/mol. The zero-order chi connectivity index (χ0) is 9.99. The fourth-order valence-corrected chi connectivity index (χ4v) is 1.71. The fourth-order valence-electron chi connectivity index (χ4n) is 0.571. The van der Waals surface area contributed by atoms with E-state index in [1.165, 1.54) is 13.8 Å². The van der Waals surface area contributed by atoms with E-state index in [-0.39, 0.29) is 0 Å². The molecule has 0 bridgehead atoms. The Morgan fingerprint density at radius 2 is 1.85 bits per heavy atom. The van der Waals surface area contributed by atoms with Gasteiger partial charge in [0.15, 0.2) is 5.79 Å². The van der Waals surface area contributed by atoms with Crippen LogP contribution >= 0.6 is 0 Å². The Morgan fingerprint density at radius 3 is 2.08 bits per heavy atom. The summed E-state index contributed by atoms with van der Waals surface area (Å²) in [6.45, 7) is 5.86. The van der Waals surface area contributed by atoms with Gasteiger partial charge in [-0.05, 0) is 27.2 Å². The molecule has 0 aromatic heterocycles. The maximum atomic E-state index is 11.2. The van der Waals surface area contributed by atoms with Crippen LogP contribution in [0.3, 0.4) is 0 Å². The monoisotopic (exact) mass is 445 g/mol. The van der Waals surface area contributed by atoms with Crippen LogP contribution in [0.4, 0.5) is 0 Å². The van der Waals surface area contributed by atoms with E-state index in [2.05, 4.69) is 4.18 Å². The van der Waals surface area contributed by atoms with Crippen molar-refractivity contribution in [2.45, 2.75) is 45.2 Å². The summed E-state index contributed by atoms with van der Waals surface area (Å²) in [5.41, 5.74) is 0. The van der Waals surface area contributed by atoms with E-state index < -0.39 is 21.2 Å². The second-order valence-electron chi connectivity index (χ2n) is 3.24. The summed E-state index contributed by atoms with van der Waals surface area (Å²) in [6, 6.07) is 0. The maximum Gasteiger partial charge on any atom is 0.272 e. The standard InChI is InChI=1S/C7H16O4S.Cf/c1-5-6(2)12(9,10)11-7(3,4)8;/h6,8H,5H2,1-4H3;. The number of hydrogen-bond donors (Lipinski definition) is 1. The van der Waals surface area contributed by atoms with Gasteiger partial charge in [-0.15, -0.1) is 0 Å². The topological polar surface area (TPSA) is 63.6 Å². The van der Waals surface area contributed by atoms with Crippen LogP contribution in [0.15, 0.2) is 0 Å². The smallest absolute Gasteiger partial charge is 0.272 e. The minimum atomic E-state index is -3.62. The molecule has 4 nitrogen and oxygen atoms in total. The van der Waals surface area contributed by atoms with Crippen molar-refractivity contribution in [3.05, 3.63) is 0 Å². The van der Waals surface area contributed by atoms with Crippen LogP contribution in [0, 0.1) is 0 Å². The first kappa shape index (κ1) is 14.4. The normalized spacial score (nSPS) is 14.8. The van der Waals surface area contributed by atoms with E-state index in [0.29, 0.717) is 6.42 Å². The molecule has 0 amide bonds. The van der Waals surface area contributed by atoms with Gasteiger partial charge < -0.3 is 5.11 Å². The summed E-state index contributed by atoms with van der Waals surface area (Å²) in [4.78, 5) is 0. The van der Waals surface area contributed by atoms with Gasteiger partial charge >= 0.3 is 0 Å². The van der Waals surface area contributed by atoms with Gasteiger partial charge in [-0.1, -0.05) is 6.92 Å². The molecule has 6 heteroatoms. The minimum Gasteiger partial charge on any atom is -0.365 e. The van der Waals surface area contributed by atoms with Crippen LogP contribution in [0.5, 0.6) is 0 Å². The van der Waals surface area contributed by atoms with Crippen LogP contribution in [-0.2, 0) is 14.3 Å². The van der Waals surface area contributed by atoms with Crippen molar-refractivity contribution >= 4 is 10.1 Å². The molecule has 0 saturated carbocycles. The van der Waals surface area contributed by atoms with Gasteiger partial charge in [-0.25, -0.2) is 4.18 Å². The molecule has 0 spiro atoms. The number of aliphatic hydroxyl groups is 1. The third-order valence-corrected chi connectivity index (χ3v) is 3.35. The van der Waals surface area contributed by atoms with E-state index in [0.717, 1.165) is 0 Å². The minimum absolute atomic E-state index is 0. The van der Waals surface area contributed by atoms with E-state index in [1.807, 2.05) is 0 Å². The Labute approximate surface area is 73.7 Å². The Bertz CT molecular complexity index is 229. The first-order valence-electron chi connectivity index (χ1n) is 3.86. The van der Waals surface area contributed by atoms with E-state index >= 15 is 0 Å². The number of rotatable bonds is 4. The van der Waals surface area contributed by atoms with Gasteiger partial charge in [0.25, 0.3) is 10.1 Å². The molecule has 84 valence electrons. The third kappa shape index (κ3) is 5.16. The van der Waals surface area contributed by atoms with Crippen molar-refractivity contribution in [2.24, 2.45) is 0 Å². The largest absolute Gasteiger partial charge is 0.365 e. The average Bonchev–Trinajstić information content (AvgIpc) is 1.80. The van der Waals surface area contributed by atoms with E-state index in [1.54, 1.807) is 13.8 Å². The van der Waals surface area contributed by atoms with Gasteiger partial charge in [0.1, 0.15) is 0 Å². The van der Waals surface area contributed by atoms with Crippen molar-refractivity contribution in [2.75, 3.05) is 0 Å². The van der Waals surface area contributed by atoms with Crippen LogP contribution in [-0.4, -0.2) is 24.6 Å². The third-order valence-electron chi connectivity index (χ3n) is 1.39. The van der Waals surface area contributed by atoms with Gasteiger partial charge in [0.2, 0.25) is 0 Å². The van der Waals surface area contributed by atoms with Crippen molar-refractivity contribution in [1.29, 1.82) is 0 Å². The molecule has 0 radical (unpaired) electrons. The fraction of sp³-hybridized carbons (Fsp3) is 1.00. The Kier molecular flexibility index (Phi) is 4.66. The zero-order valence-electron chi connectivity index (χ0n) is 8.18. The van der Waals surface area contributed by atoms with Crippen molar-refractivity contribution in [3.8, 4) is 0 Å². The maximum absolute atomic E-state index is 11.2. The predicted octanol–water partition coefficient (Wildman–Crippen LogP) is 0.860. The van der Waals surface area contributed by atoms with Crippen molar-refractivity contribution in [1.82, 2.24) is 0 Å².